The van der Waals surface area contributed by atoms with Crippen LogP contribution in [0.2, 0.25) is 0 Å². The fourth-order valence-electron chi connectivity index (χ4n) is 6.28. The summed E-state index contributed by atoms with van der Waals surface area (Å²) >= 11 is 0. The van der Waals surface area contributed by atoms with E-state index in [1.54, 1.807) is 6.92 Å². The Bertz CT molecular complexity index is 1200. The number of ether oxygens (including phenoxy) is 2. The SMILES string of the molecule is CC(=O)NC(CCCCNC(C)C)C(C)=O.CC(=O)NCCCCC(CC(C)C)C(C)=O.CCC(C(=O)OC)C(C)(C)C.CCC(C)(C(=O)OC)C(C)(C)C.CC[C@@H](C)C(C)C. The Kier molecular flexibility index (Phi) is 41.3. The first-order valence-corrected chi connectivity index (χ1v) is 23.7. The fourth-order valence-corrected chi connectivity index (χ4v) is 6.28. The van der Waals surface area contributed by atoms with Crippen LogP contribution in [0.5, 0.6) is 0 Å². The number of Topliss-reactive ketones (excluding diaryl/α,β-unsaturated/α-hetero) is 2. The predicted octanol–water partition coefficient (Wildman–Crippen LogP) is 11.3. The molecular formula is C51H103N3O8. The lowest BCUT2D eigenvalue weighted by molar-refractivity contribution is -0.159. The van der Waals surface area contributed by atoms with Crippen molar-refractivity contribution in [1.82, 2.24) is 16.0 Å². The van der Waals surface area contributed by atoms with Crippen molar-refractivity contribution in [3.8, 4) is 0 Å². The van der Waals surface area contributed by atoms with Crippen LogP contribution in [0.3, 0.4) is 0 Å². The molecule has 0 aromatic rings. The van der Waals surface area contributed by atoms with Gasteiger partial charge in [0, 0.05) is 32.4 Å². The summed E-state index contributed by atoms with van der Waals surface area (Å²) in [6.07, 6.45) is 9.58. The van der Waals surface area contributed by atoms with Crippen molar-refractivity contribution in [3.05, 3.63) is 0 Å². The Morgan fingerprint density at radius 3 is 1.37 bits per heavy atom. The zero-order chi connectivity index (χ0) is 50.0. The van der Waals surface area contributed by atoms with E-state index in [1.165, 1.54) is 41.4 Å². The molecular weight excluding hydrogens is 783 g/mol. The van der Waals surface area contributed by atoms with Crippen LogP contribution in [0.1, 0.15) is 210 Å². The molecule has 0 aliphatic carbocycles. The lowest BCUT2D eigenvalue weighted by Gasteiger charge is -2.38. The number of nitrogens with one attached hydrogen (secondary N) is 3. The molecule has 0 radical (unpaired) electrons. The standard InChI is InChI=1S/C13H25NO2.C12H24N2O2.C10H20O2.C9H18O2.C7H16/c1-10(2)9-13(11(3)15)7-5-6-8-14-12(4)16;1-9(2)13-8-6-5-7-12(10(3)15)14-11(4)16;1-7-10(5,8(11)12-6)9(2,3)4;1-6-7(8(10)11-5)9(2,3)4;1-5-7(4)6(2)3/h10,13H,5-9H2,1-4H3,(H,14,16);9,12-13H,5-8H2,1-4H3,(H,14,16);7H2,1-6H3;7H,6H2,1-5H3;6-7H,5H2,1-4H3/t;;;;7-/m....1/s1. The molecule has 0 bridgehead atoms. The molecule has 0 heterocycles. The third kappa shape index (κ3) is 37.7. The second kappa shape index (κ2) is 37.5. The van der Waals surface area contributed by atoms with Gasteiger partial charge in [0.2, 0.25) is 11.8 Å². The summed E-state index contributed by atoms with van der Waals surface area (Å²) < 4.78 is 9.48. The summed E-state index contributed by atoms with van der Waals surface area (Å²) in [5.41, 5.74) is -0.404. The number of rotatable bonds is 22. The second-order valence-corrected chi connectivity index (χ2v) is 20.3. The highest BCUT2D eigenvalue weighted by Crippen LogP contribution is 2.42. The van der Waals surface area contributed by atoms with E-state index >= 15 is 0 Å². The molecule has 0 spiro atoms. The molecule has 11 nitrogen and oxygen atoms in total. The van der Waals surface area contributed by atoms with Crippen molar-refractivity contribution >= 4 is 35.3 Å². The largest absolute Gasteiger partial charge is 0.469 e. The highest BCUT2D eigenvalue weighted by atomic mass is 16.5. The number of amides is 2. The molecule has 370 valence electrons. The van der Waals surface area contributed by atoms with Crippen LogP contribution in [0, 0.1) is 45.8 Å². The van der Waals surface area contributed by atoms with Crippen LogP contribution >= 0.6 is 0 Å². The maximum absolute atomic E-state index is 11.5. The van der Waals surface area contributed by atoms with Crippen molar-refractivity contribution in [3.63, 3.8) is 0 Å². The van der Waals surface area contributed by atoms with Crippen molar-refractivity contribution in [2.45, 2.75) is 222 Å². The molecule has 0 saturated heterocycles. The van der Waals surface area contributed by atoms with Crippen molar-refractivity contribution in [2.75, 3.05) is 27.3 Å². The van der Waals surface area contributed by atoms with Gasteiger partial charge in [-0.2, -0.15) is 0 Å². The molecule has 62 heavy (non-hydrogen) atoms. The van der Waals surface area contributed by atoms with Gasteiger partial charge in [0.15, 0.2) is 5.78 Å². The molecule has 0 aromatic carbocycles. The first-order valence-electron chi connectivity index (χ1n) is 23.7. The minimum Gasteiger partial charge on any atom is -0.469 e. The van der Waals surface area contributed by atoms with E-state index in [-0.39, 0.29) is 63.7 Å². The number of esters is 2. The normalized spacial score (nSPS) is 14.0. The Labute approximate surface area is 383 Å². The Balaban J connectivity index is -0.000000224. The van der Waals surface area contributed by atoms with E-state index in [9.17, 15) is 28.8 Å². The first-order chi connectivity index (χ1) is 28.3. The quantitative estimate of drug-likeness (QED) is 0.0711. The molecule has 0 fully saturated rings. The van der Waals surface area contributed by atoms with Gasteiger partial charge in [0.25, 0.3) is 0 Å². The van der Waals surface area contributed by atoms with Crippen LogP contribution in [-0.4, -0.2) is 74.7 Å². The minimum atomic E-state index is -0.373. The molecule has 0 aromatic heterocycles. The number of hydrogen-bond donors (Lipinski definition) is 3. The summed E-state index contributed by atoms with van der Waals surface area (Å²) in [6.45, 7) is 43.8. The molecule has 2 amide bonds. The fraction of sp³-hybridized carbons (Fsp3) is 0.882. The number of carbonyl (C=O) groups excluding carboxylic acids is 6. The van der Waals surface area contributed by atoms with Gasteiger partial charge in [-0.15, -0.1) is 0 Å². The van der Waals surface area contributed by atoms with Gasteiger partial charge in [0.1, 0.15) is 5.78 Å². The summed E-state index contributed by atoms with van der Waals surface area (Å²) in [4.78, 5) is 66.7. The van der Waals surface area contributed by atoms with E-state index < -0.39 is 0 Å². The zero-order valence-electron chi connectivity index (χ0n) is 44.8. The van der Waals surface area contributed by atoms with Gasteiger partial charge < -0.3 is 25.4 Å². The van der Waals surface area contributed by atoms with Crippen LogP contribution in [0.4, 0.5) is 0 Å². The maximum atomic E-state index is 11.5. The second-order valence-electron chi connectivity index (χ2n) is 20.3. The molecule has 3 N–H and O–H groups in total. The lowest BCUT2D eigenvalue weighted by atomic mass is 9.66. The summed E-state index contributed by atoms with van der Waals surface area (Å²) in [5, 5.41) is 8.75. The van der Waals surface area contributed by atoms with E-state index in [0.29, 0.717) is 17.7 Å². The van der Waals surface area contributed by atoms with Gasteiger partial charge >= 0.3 is 11.9 Å². The molecule has 4 unspecified atom stereocenters. The average Bonchev–Trinajstić information content (AvgIpc) is 3.15. The third-order valence-corrected chi connectivity index (χ3v) is 11.7. The number of unbranched alkanes of at least 4 members (excludes halogenated alkanes) is 2. The molecule has 0 saturated carbocycles. The highest BCUT2D eigenvalue weighted by Gasteiger charge is 2.43. The van der Waals surface area contributed by atoms with Crippen molar-refractivity contribution in [1.29, 1.82) is 0 Å². The summed E-state index contributed by atoms with van der Waals surface area (Å²) in [6, 6.07) is 0.190. The number of carbonyl (C=O) groups is 6. The maximum Gasteiger partial charge on any atom is 0.312 e. The van der Waals surface area contributed by atoms with Crippen molar-refractivity contribution < 1.29 is 38.2 Å². The zero-order valence-corrected chi connectivity index (χ0v) is 44.8. The van der Waals surface area contributed by atoms with E-state index in [0.717, 1.165) is 82.7 Å². The highest BCUT2D eigenvalue weighted by molar-refractivity contribution is 5.86. The average molecular weight is 886 g/mol. The van der Waals surface area contributed by atoms with Crippen LogP contribution in [0.15, 0.2) is 0 Å². The van der Waals surface area contributed by atoms with Crippen LogP contribution in [0.25, 0.3) is 0 Å². The van der Waals surface area contributed by atoms with Crippen LogP contribution < -0.4 is 16.0 Å². The van der Waals surface area contributed by atoms with Gasteiger partial charge in [-0.05, 0) is 107 Å². The smallest absolute Gasteiger partial charge is 0.312 e. The molecule has 0 aliphatic heterocycles. The van der Waals surface area contributed by atoms with E-state index in [1.807, 2.05) is 20.8 Å². The van der Waals surface area contributed by atoms with Gasteiger partial charge in [-0.3, -0.25) is 28.8 Å². The summed E-state index contributed by atoms with van der Waals surface area (Å²) in [7, 11) is 2.89. The lowest BCUT2D eigenvalue weighted by Crippen LogP contribution is -2.40. The number of methoxy groups -OCH3 is 2. The molecule has 0 rings (SSSR count). The van der Waals surface area contributed by atoms with E-state index in [2.05, 4.69) is 113 Å². The monoisotopic (exact) mass is 886 g/mol. The topological polar surface area (TPSA) is 157 Å². The Hall–Kier alpha value is -2.82. The first kappa shape index (κ1) is 68.2. The molecule has 5 atom stereocenters. The minimum absolute atomic E-state index is 0.0157. The Morgan fingerprint density at radius 1 is 0.613 bits per heavy atom. The van der Waals surface area contributed by atoms with Gasteiger partial charge in [-0.25, -0.2) is 0 Å². The third-order valence-electron chi connectivity index (χ3n) is 11.7. The van der Waals surface area contributed by atoms with E-state index in [4.69, 9.17) is 9.47 Å². The molecule has 11 heteroatoms. The number of ketones is 2. The number of hydrogen-bond acceptors (Lipinski definition) is 9. The van der Waals surface area contributed by atoms with Crippen molar-refractivity contribution in [2.24, 2.45) is 45.8 Å². The Morgan fingerprint density at radius 2 is 1.11 bits per heavy atom. The predicted molar refractivity (Wildman–Crippen MR) is 261 cm³/mol. The van der Waals surface area contributed by atoms with Gasteiger partial charge in [-0.1, -0.05) is 124 Å². The van der Waals surface area contributed by atoms with Crippen LogP contribution in [-0.2, 0) is 38.2 Å². The molecule has 0 aliphatic rings. The summed E-state index contributed by atoms with van der Waals surface area (Å²) in [5.74, 6) is 2.57. The van der Waals surface area contributed by atoms with Gasteiger partial charge in [0.05, 0.1) is 31.6 Å².